The molecule has 2 aliphatic heterocycles. The van der Waals surface area contributed by atoms with E-state index in [1.54, 1.807) is 18.3 Å². The Labute approximate surface area is 185 Å². The number of aryl methyl sites for hydroxylation is 2. The van der Waals surface area contributed by atoms with Gasteiger partial charge in [0.15, 0.2) is 0 Å². The molecule has 2 aliphatic rings. The summed E-state index contributed by atoms with van der Waals surface area (Å²) in [6.45, 7) is 3.58. The Morgan fingerprint density at radius 2 is 1.81 bits per heavy atom. The van der Waals surface area contributed by atoms with Crippen molar-refractivity contribution >= 4 is 23.5 Å². The number of hydrogen-bond donors (Lipinski definition) is 2. The molecular weight excluding hydrogens is 413 g/mol. The predicted molar refractivity (Wildman–Crippen MR) is 116 cm³/mol. The number of nitrogens with zero attached hydrogens (tertiary/aromatic N) is 3. The average molecular weight is 437 g/mol. The van der Waals surface area contributed by atoms with Gasteiger partial charge in [-0.25, -0.2) is 14.6 Å². The normalized spacial score (nSPS) is 18.1. The molecule has 2 heterocycles. The fourth-order valence-corrected chi connectivity index (χ4v) is 3.86. The van der Waals surface area contributed by atoms with E-state index < -0.39 is 23.8 Å². The van der Waals surface area contributed by atoms with Crippen molar-refractivity contribution in [2.24, 2.45) is 0 Å². The topological polar surface area (TPSA) is 85.0 Å². The number of fused-ring (bicyclic) bond motifs is 1. The van der Waals surface area contributed by atoms with E-state index in [1.165, 1.54) is 29.2 Å². The number of carbonyl (C=O) groups is 3. The van der Waals surface area contributed by atoms with E-state index >= 15 is 0 Å². The van der Waals surface area contributed by atoms with Crippen LogP contribution in [0.15, 0.2) is 54.4 Å². The summed E-state index contributed by atoms with van der Waals surface area (Å²) in [4.78, 5) is 41.4. The molecule has 9 heteroatoms. The molecule has 1 atom stereocenters. The highest BCUT2D eigenvalue weighted by molar-refractivity contribution is 6.05. The molecule has 4 rings (SSSR count). The second kappa shape index (κ2) is 8.43. The lowest BCUT2D eigenvalue weighted by Gasteiger charge is -2.37. The van der Waals surface area contributed by atoms with Crippen LogP contribution < -0.4 is 10.7 Å². The number of nitrogens with one attached hydrogen (secondary N) is 2. The first kappa shape index (κ1) is 21.5. The SMILES string of the molecule is Cc1ccc(NC(=O)CN2C(=O)N(Cc3ccc(F)cc3)C(=O)C3NN(C)C=C32)c(C)c1. The van der Waals surface area contributed by atoms with Crippen molar-refractivity contribution in [3.05, 3.63) is 76.9 Å². The summed E-state index contributed by atoms with van der Waals surface area (Å²) in [7, 11) is 1.71. The average Bonchev–Trinajstić information content (AvgIpc) is 3.14. The molecule has 0 spiro atoms. The standard InChI is InChI=1S/C23H24FN5O3/c1-14-4-9-18(15(2)10-14)25-20(30)13-28-19-12-27(3)26-21(19)22(31)29(23(28)32)11-16-5-7-17(24)8-6-16/h4-10,12,21,26H,11,13H2,1-3H3,(H,25,30). The van der Waals surface area contributed by atoms with E-state index in [-0.39, 0.29) is 19.0 Å². The Morgan fingerprint density at radius 1 is 1.09 bits per heavy atom. The molecule has 0 radical (unpaired) electrons. The van der Waals surface area contributed by atoms with Gasteiger partial charge in [-0.2, -0.15) is 0 Å². The van der Waals surface area contributed by atoms with Crippen molar-refractivity contribution in [1.29, 1.82) is 0 Å². The third-order valence-electron chi connectivity index (χ3n) is 5.45. The van der Waals surface area contributed by atoms with Gasteiger partial charge in [0.05, 0.1) is 12.2 Å². The molecule has 32 heavy (non-hydrogen) atoms. The zero-order valence-electron chi connectivity index (χ0n) is 18.1. The highest BCUT2D eigenvalue weighted by Gasteiger charge is 2.46. The molecule has 0 aliphatic carbocycles. The van der Waals surface area contributed by atoms with Gasteiger partial charge in [0.1, 0.15) is 18.4 Å². The Balaban J connectivity index is 1.56. The molecule has 0 bridgehead atoms. The summed E-state index contributed by atoms with van der Waals surface area (Å²) < 4.78 is 13.2. The van der Waals surface area contributed by atoms with E-state index in [9.17, 15) is 18.8 Å². The fraction of sp³-hybridized carbons (Fsp3) is 0.261. The lowest BCUT2D eigenvalue weighted by atomic mass is 10.1. The smallest absolute Gasteiger partial charge is 0.324 e. The molecular formula is C23H24FN5O3. The van der Waals surface area contributed by atoms with Gasteiger partial charge in [-0.05, 0) is 43.2 Å². The quantitative estimate of drug-likeness (QED) is 0.751. The molecule has 2 N–H and O–H groups in total. The first-order valence-corrected chi connectivity index (χ1v) is 10.2. The van der Waals surface area contributed by atoms with Gasteiger partial charge in [-0.3, -0.25) is 19.4 Å². The van der Waals surface area contributed by atoms with Crippen LogP contribution in [0.3, 0.4) is 0 Å². The van der Waals surface area contributed by atoms with Crippen LogP contribution in [-0.2, 0) is 16.1 Å². The van der Waals surface area contributed by atoms with Crippen LogP contribution in [0.5, 0.6) is 0 Å². The van der Waals surface area contributed by atoms with Crippen molar-refractivity contribution in [2.45, 2.75) is 26.4 Å². The molecule has 0 aromatic heterocycles. The minimum Gasteiger partial charge on any atom is -0.324 e. The van der Waals surface area contributed by atoms with Gasteiger partial charge < -0.3 is 10.3 Å². The molecule has 8 nitrogen and oxygen atoms in total. The number of carbonyl (C=O) groups excluding carboxylic acids is 3. The van der Waals surface area contributed by atoms with Gasteiger partial charge in [-0.1, -0.05) is 29.8 Å². The van der Waals surface area contributed by atoms with Crippen LogP contribution in [0, 0.1) is 19.7 Å². The number of benzene rings is 2. The number of hydrogen-bond acceptors (Lipinski definition) is 5. The number of rotatable bonds is 5. The van der Waals surface area contributed by atoms with Crippen molar-refractivity contribution in [3.63, 3.8) is 0 Å². The maximum atomic E-state index is 13.2. The van der Waals surface area contributed by atoms with E-state index in [0.29, 0.717) is 16.9 Å². The summed E-state index contributed by atoms with van der Waals surface area (Å²) in [6.07, 6.45) is 1.63. The second-order valence-corrected chi connectivity index (χ2v) is 8.01. The van der Waals surface area contributed by atoms with Gasteiger partial charge >= 0.3 is 6.03 Å². The maximum Gasteiger partial charge on any atom is 0.331 e. The molecule has 2 aromatic carbocycles. The summed E-state index contributed by atoms with van der Waals surface area (Å²) in [5, 5.41) is 4.42. The highest BCUT2D eigenvalue weighted by Crippen LogP contribution is 2.27. The molecule has 166 valence electrons. The monoisotopic (exact) mass is 437 g/mol. The van der Waals surface area contributed by atoms with Crippen molar-refractivity contribution < 1.29 is 18.8 Å². The van der Waals surface area contributed by atoms with Crippen molar-refractivity contribution in [3.8, 4) is 0 Å². The minimum atomic E-state index is -0.785. The number of imide groups is 1. The largest absolute Gasteiger partial charge is 0.331 e. The first-order valence-electron chi connectivity index (χ1n) is 10.2. The second-order valence-electron chi connectivity index (χ2n) is 8.01. The Bertz CT molecular complexity index is 1120. The lowest BCUT2D eigenvalue weighted by molar-refractivity contribution is -0.133. The zero-order valence-corrected chi connectivity index (χ0v) is 18.1. The third-order valence-corrected chi connectivity index (χ3v) is 5.45. The van der Waals surface area contributed by atoms with Crippen LogP contribution in [0.1, 0.15) is 16.7 Å². The van der Waals surface area contributed by atoms with Crippen LogP contribution in [0.25, 0.3) is 0 Å². The predicted octanol–water partition coefficient (Wildman–Crippen LogP) is 2.51. The van der Waals surface area contributed by atoms with Gasteiger partial charge in [0, 0.05) is 18.9 Å². The lowest BCUT2D eigenvalue weighted by Crippen LogP contribution is -2.60. The van der Waals surface area contributed by atoms with E-state index in [2.05, 4.69) is 10.7 Å². The molecule has 1 saturated heterocycles. The minimum absolute atomic E-state index is 0.0255. The van der Waals surface area contributed by atoms with Crippen LogP contribution in [0.2, 0.25) is 0 Å². The third kappa shape index (κ3) is 4.19. The van der Waals surface area contributed by atoms with E-state index in [4.69, 9.17) is 0 Å². The Kier molecular flexibility index (Phi) is 5.67. The number of anilines is 1. The summed E-state index contributed by atoms with van der Waals surface area (Å²) >= 11 is 0. The molecule has 2 aromatic rings. The van der Waals surface area contributed by atoms with Gasteiger partial charge in [0.2, 0.25) is 5.91 Å². The summed E-state index contributed by atoms with van der Waals surface area (Å²) in [5.74, 6) is -1.21. The first-order chi connectivity index (χ1) is 15.2. The van der Waals surface area contributed by atoms with Crippen LogP contribution in [-0.4, -0.2) is 52.3 Å². The summed E-state index contributed by atoms with van der Waals surface area (Å²) in [6, 6.07) is 9.87. The number of amides is 4. The maximum absolute atomic E-state index is 13.2. The van der Waals surface area contributed by atoms with E-state index in [1.807, 2.05) is 32.0 Å². The molecule has 1 fully saturated rings. The highest BCUT2D eigenvalue weighted by atomic mass is 19.1. The van der Waals surface area contributed by atoms with E-state index in [0.717, 1.165) is 16.0 Å². The number of urea groups is 1. The Hall–Kier alpha value is -3.72. The van der Waals surface area contributed by atoms with Crippen LogP contribution in [0.4, 0.5) is 14.9 Å². The van der Waals surface area contributed by atoms with Crippen molar-refractivity contribution in [1.82, 2.24) is 20.2 Å². The molecule has 4 amide bonds. The van der Waals surface area contributed by atoms with Gasteiger partial charge in [-0.15, -0.1) is 0 Å². The summed E-state index contributed by atoms with van der Waals surface area (Å²) in [5.41, 5.74) is 6.65. The van der Waals surface area contributed by atoms with Crippen molar-refractivity contribution in [2.75, 3.05) is 18.9 Å². The number of halogens is 1. The Morgan fingerprint density at radius 3 is 2.50 bits per heavy atom. The van der Waals surface area contributed by atoms with Gasteiger partial charge in [0.25, 0.3) is 5.91 Å². The molecule has 0 saturated carbocycles. The van der Waals surface area contributed by atoms with Crippen LogP contribution >= 0.6 is 0 Å². The zero-order chi connectivity index (χ0) is 23.0. The number of hydrazine groups is 1. The molecule has 1 unspecified atom stereocenters. The fourth-order valence-electron chi connectivity index (χ4n) is 3.86.